The lowest BCUT2D eigenvalue weighted by Crippen LogP contribution is -2.57. The summed E-state index contributed by atoms with van der Waals surface area (Å²) in [6.45, 7) is 4.80. The highest BCUT2D eigenvalue weighted by molar-refractivity contribution is 5.94. The molecule has 0 aromatic heterocycles. The molecule has 0 bridgehead atoms. The largest absolute Gasteiger partial charge is 0.508 e. The summed E-state index contributed by atoms with van der Waals surface area (Å²) < 4.78 is 0. The number of aliphatic carboxylic acids is 1. The molecule has 1 aromatic rings. The van der Waals surface area contributed by atoms with Gasteiger partial charge >= 0.3 is 5.97 Å². The Labute approximate surface area is 197 Å². The van der Waals surface area contributed by atoms with Crippen LogP contribution >= 0.6 is 0 Å². The summed E-state index contributed by atoms with van der Waals surface area (Å²) in [5.74, 6) is -4.26. The van der Waals surface area contributed by atoms with Crippen molar-refractivity contribution in [3.05, 3.63) is 29.8 Å². The number of hydrogen-bond acceptors (Lipinski definition) is 7. The van der Waals surface area contributed by atoms with Crippen LogP contribution in [-0.2, 0) is 30.4 Å². The van der Waals surface area contributed by atoms with Crippen molar-refractivity contribution in [2.75, 3.05) is 0 Å². The van der Waals surface area contributed by atoms with Crippen molar-refractivity contribution in [2.45, 2.75) is 64.2 Å². The summed E-state index contributed by atoms with van der Waals surface area (Å²) in [5, 5.41) is 26.0. The van der Waals surface area contributed by atoms with E-state index in [2.05, 4.69) is 16.0 Å². The number of amides is 4. The molecule has 0 heterocycles. The minimum absolute atomic E-state index is 0.0170. The van der Waals surface area contributed by atoms with Gasteiger partial charge < -0.3 is 37.6 Å². The standard InChI is InChI=1S/C22H33N5O7/c1-11(2)18(24)21(32)26-15(8-9-17(23)29)20(31)25-12(3)19(30)27-16(22(33)34)10-13-4-6-14(28)7-5-13/h4-7,11-12,15-16,18,28H,8-10,24H2,1-3H3,(H2,23,29)(H,25,31)(H,26,32)(H,27,30)(H,33,34). The minimum atomic E-state index is -1.29. The van der Waals surface area contributed by atoms with E-state index >= 15 is 0 Å². The van der Waals surface area contributed by atoms with Crippen molar-refractivity contribution in [2.24, 2.45) is 17.4 Å². The molecule has 0 spiro atoms. The average Bonchev–Trinajstić information content (AvgIpc) is 2.76. The van der Waals surface area contributed by atoms with Gasteiger partial charge in [-0.2, -0.15) is 0 Å². The maximum Gasteiger partial charge on any atom is 0.326 e. The second-order valence-corrected chi connectivity index (χ2v) is 8.34. The van der Waals surface area contributed by atoms with Crippen molar-refractivity contribution in [1.82, 2.24) is 16.0 Å². The van der Waals surface area contributed by atoms with Crippen molar-refractivity contribution < 1.29 is 34.2 Å². The molecule has 1 rings (SSSR count). The molecule has 0 radical (unpaired) electrons. The molecule has 188 valence electrons. The Morgan fingerprint density at radius 2 is 1.44 bits per heavy atom. The summed E-state index contributed by atoms with van der Waals surface area (Å²) >= 11 is 0. The Bertz CT molecular complexity index is 888. The third-order valence-corrected chi connectivity index (χ3v) is 5.08. The zero-order valence-electron chi connectivity index (χ0n) is 19.4. The molecule has 1 aromatic carbocycles. The fourth-order valence-electron chi connectivity index (χ4n) is 2.87. The fourth-order valence-corrected chi connectivity index (χ4v) is 2.87. The van der Waals surface area contributed by atoms with Gasteiger partial charge in [0.2, 0.25) is 23.6 Å². The van der Waals surface area contributed by atoms with E-state index in [4.69, 9.17) is 11.5 Å². The average molecular weight is 480 g/mol. The van der Waals surface area contributed by atoms with Crippen LogP contribution in [0.1, 0.15) is 39.2 Å². The van der Waals surface area contributed by atoms with Gasteiger partial charge in [0.25, 0.3) is 0 Å². The number of benzene rings is 1. The van der Waals surface area contributed by atoms with Gasteiger partial charge in [-0.3, -0.25) is 19.2 Å². The zero-order valence-corrected chi connectivity index (χ0v) is 19.4. The second kappa shape index (κ2) is 13.1. The Morgan fingerprint density at radius 1 is 0.882 bits per heavy atom. The molecule has 0 aliphatic heterocycles. The molecule has 0 saturated heterocycles. The number of carbonyl (C=O) groups is 5. The van der Waals surface area contributed by atoms with E-state index in [9.17, 15) is 34.2 Å². The van der Waals surface area contributed by atoms with E-state index in [1.54, 1.807) is 13.8 Å². The number of carboxylic acid groups (broad SMARTS) is 1. The van der Waals surface area contributed by atoms with Crippen LogP contribution in [0.4, 0.5) is 0 Å². The minimum Gasteiger partial charge on any atom is -0.508 e. The van der Waals surface area contributed by atoms with Gasteiger partial charge in [-0.1, -0.05) is 26.0 Å². The number of hydrogen-bond donors (Lipinski definition) is 7. The van der Waals surface area contributed by atoms with Crippen LogP contribution in [0.25, 0.3) is 0 Å². The van der Waals surface area contributed by atoms with Crippen LogP contribution in [0.15, 0.2) is 24.3 Å². The quantitative estimate of drug-likeness (QED) is 0.181. The smallest absolute Gasteiger partial charge is 0.326 e. The first-order valence-corrected chi connectivity index (χ1v) is 10.8. The van der Waals surface area contributed by atoms with Crippen LogP contribution in [0.3, 0.4) is 0 Å². The van der Waals surface area contributed by atoms with Crippen molar-refractivity contribution >= 4 is 29.6 Å². The second-order valence-electron chi connectivity index (χ2n) is 8.34. The van der Waals surface area contributed by atoms with E-state index in [0.717, 1.165) is 0 Å². The molecule has 4 amide bonds. The number of aromatic hydroxyl groups is 1. The third kappa shape index (κ3) is 9.45. The molecule has 34 heavy (non-hydrogen) atoms. The lowest BCUT2D eigenvalue weighted by Gasteiger charge is -2.24. The summed E-state index contributed by atoms with van der Waals surface area (Å²) in [4.78, 5) is 60.3. The Balaban J connectivity index is 2.82. The van der Waals surface area contributed by atoms with Crippen molar-refractivity contribution in [3.63, 3.8) is 0 Å². The summed E-state index contributed by atoms with van der Waals surface area (Å²) in [6, 6.07) is 1.34. The number of nitrogens with one attached hydrogen (secondary N) is 3. The van der Waals surface area contributed by atoms with Gasteiger partial charge in [0.1, 0.15) is 23.9 Å². The predicted octanol–water partition coefficient (Wildman–Crippen LogP) is -1.26. The molecule has 0 aliphatic rings. The predicted molar refractivity (Wildman–Crippen MR) is 122 cm³/mol. The molecule has 12 heteroatoms. The molecule has 4 atom stereocenters. The maximum atomic E-state index is 12.7. The zero-order chi connectivity index (χ0) is 26.0. The van der Waals surface area contributed by atoms with Crippen LogP contribution < -0.4 is 27.4 Å². The van der Waals surface area contributed by atoms with Crippen LogP contribution in [0.5, 0.6) is 5.75 Å². The topological polar surface area (TPSA) is 214 Å². The third-order valence-electron chi connectivity index (χ3n) is 5.08. The first-order chi connectivity index (χ1) is 15.8. The fraction of sp³-hybridized carbons (Fsp3) is 0.500. The molecule has 12 nitrogen and oxygen atoms in total. The molecular formula is C22H33N5O7. The molecule has 0 aliphatic carbocycles. The first kappa shape index (κ1) is 28.4. The molecule has 9 N–H and O–H groups in total. The monoisotopic (exact) mass is 479 g/mol. The highest BCUT2D eigenvalue weighted by Crippen LogP contribution is 2.11. The van der Waals surface area contributed by atoms with Gasteiger partial charge in [-0.15, -0.1) is 0 Å². The summed E-state index contributed by atoms with van der Waals surface area (Å²) in [5.41, 5.74) is 11.5. The molecule has 4 unspecified atom stereocenters. The normalized spacial score (nSPS) is 14.4. The number of phenolic OH excluding ortho intramolecular Hbond substituents is 1. The van der Waals surface area contributed by atoms with E-state index in [-0.39, 0.29) is 30.9 Å². The highest BCUT2D eigenvalue weighted by Gasteiger charge is 2.29. The SMILES string of the molecule is CC(NC(=O)C(CCC(N)=O)NC(=O)C(N)C(C)C)C(=O)NC(Cc1ccc(O)cc1)C(=O)O. The summed E-state index contributed by atoms with van der Waals surface area (Å²) in [6.07, 6.45) is -0.347. The van der Waals surface area contributed by atoms with Crippen LogP contribution in [-0.4, -0.2) is 64.0 Å². The van der Waals surface area contributed by atoms with Gasteiger partial charge in [-0.05, 0) is 37.0 Å². The Hall–Kier alpha value is -3.67. The lowest BCUT2D eigenvalue weighted by molar-refractivity contribution is -0.142. The number of nitrogens with two attached hydrogens (primary N) is 2. The number of rotatable bonds is 13. The van der Waals surface area contributed by atoms with Crippen LogP contribution in [0, 0.1) is 5.92 Å². The number of phenols is 1. The Kier molecular flexibility index (Phi) is 11.0. The first-order valence-electron chi connectivity index (χ1n) is 10.8. The lowest BCUT2D eigenvalue weighted by atomic mass is 10.0. The van der Waals surface area contributed by atoms with Crippen molar-refractivity contribution in [1.29, 1.82) is 0 Å². The van der Waals surface area contributed by atoms with E-state index in [0.29, 0.717) is 5.56 Å². The van der Waals surface area contributed by atoms with E-state index in [1.807, 2.05) is 0 Å². The van der Waals surface area contributed by atoms with Gasteiger partial charge in [-0.25, -0.2) is 4.79 Å². The van der Waals surface area contributed by atoms with Gasteiger partial charge in [0, 0.05) is 12.8 Å². The van der Waals surface area contributed by atoms with Crippen LogP contribution in [0.2, 0.25) is 0 Å². The van der Waals surface area contributed by atoms with E-state index < -0.39 is 53.8 Å². The van der Waals surface area contributed by atoms with E-state index in [1.165, 1.54) is 31.2 Å². The number of primary amides is 1. The summed E-state index contributed by atoms with van der Waals surface area (Å²) in [7, 11) is 0. The van der Waals surface area contributed by atoms with Gasteiger partial charge in [0.15, 0.2) is 0 Å². The highest BCUT2D eigenvalue weighted by atomic mass is 16.4. The van der Waals surface area contributed by atoms with Gasteiger partial charge in [0.05, 0.1) is 6.04 Å². The molecular weight excluding hydrogens is 446 g/mol. The molecule has 0 fully saturated rings. The maximum absolute atomic E-state index is 12.7. The van der Waals surface area contributed by atoms with Crippen molar-refractivity contribution in [3.8, 4) is 5.75 Å². The molecule has 0 saturated carbocycles. The number of carboxylic acids is 1. The Morgan fingerprint density at radius 3 is 1.94 bits per heavy atom. The number of carbonyl (C=O) groups excluding carboxylic acids is 4.